The van der Waals surface area contributed by atoms with Gasteiger partial charge in [-0.1, -0.05) is 18.2 Å². The molecule has 29 heavy (non-hydrogen) atoms. The van der Waals surface area contributed by atoms with Crippen molar-refractivity contribution in [1.82, 2.24) is 5.32 Å². The SMILES string of the molecule is CN1C(=O)Cc2cc(C3(CCNC(=O)Cc4ccc(F)cc4)OCCO3)ccc21. The van der Waals surface area contributed by atoms with Gasteiger partial charge in [0.1, 0.15) is 5.82 Å². The van der Waals surface area contributed by atoms with E-state index < -0.39 is 5.79 Å². The molecule has 0 aromatic heterocycles. The van der Waals surface area contributed by atoms with Crippen LogP contribution in [0.4, 0.5) is 10.1 Å². The van der Waals surface area contributed by atoms with Crippen molar-refractivity contribution in [1.29, 1.82) is 0 Å². The Morgan fingerprint density at radius 1 is 1.17 bits per heavy atom. The van der Waals surface area contributed by atoms with Crippen molar-refractivity contribution in [3.63, 3.8) is 0 Å². The Morgan fingerprint density at radius 3 is 2.62 bits per heavy atom. The second-order valence-corrected chi connectivity index (χ2v) is 7.33. The van der Waals surface area contributed by atoms with Gasteiger partial charge in [0.05, 0.1) is 26.1 Å². The third-order valence-corrected chi connectivity index (χ3v) is 5.40. The second-order valence-electron chi connectivity index (χ2n) is 7.33. The summed E-state index contributed by atoms with van der Waals surface area (Å²) in [4.78, 5) is 25.8. The highest BCUT2D eigenvalue weighted by atomic mass is 19.1. The number of likely N-dealkylation sites (N-methyl/N-ethyl adjacent to an activating group) is 1. The maximum absolute atomic E-state index is 13.0. The number of hydrogen-bond donors (Lipinski definition) is 1. The zero-order chi connectivity index (χ0) is 20.4. The number of nitrogens with zero attached hydrogens (tertiary/aromatic N) is 1. The number of carbonyl (C=O) groups excluding carboxylic acids is 2. The smallest absolute Gasteiger partial charge is 0.231 e. The van der Waals surface area contributed by atoms with Gasteiger partial charge in [-0.05, 0) is 35.4 Å². The van der Waals surface area contributed by atoms with Gasteiger partial charge in [-0.15, -0.1) is 0 Å². The molecule has 0 atom stereocenters. The van der Waals surface area contributed by atoms with Crippen LogP contribution in [0.25, 0.3) is 0 Å². The second kappa shape index (κ2) is 7.93. The molecule has 1 N–H and O–H groups in total. The Morgan fingerprint density at radius 2 is 1.90 bits per heavy atom. The summed E-state index contributed by atoms with van der Waals surface area (Å²) < 4.78 is 24.9. The van der Waals surface area contributed by atoms with Gasteiger partial charge >= 0.3 is 0 Å². The minimum Gasteiger partial charge on any atom is -0.356 e. The molecule has 4 rings (SSSR count). The van der Waals surface area contributed by atoms with Crippen LogP contribution in [-0.2, 0) is 37.7 Å². The first-order chi connectivity index (χ1) is 14.0. The van der Waals surface area contributed by atoms with Crippen molar-refractivity contribution in [2.45, 2.75) is 25.0 Å². The lowest BCUT2D eigenvalue weighted by atomic mass is 9.98. The average Bonchev–Trinajstić information content (AvgIpc) is 3.29. The van der Waals surface area contributed by atoms with Gasteiger partial charge in [0.25, 0.3) is 0 Å². The number of ether oxygens (including phenoxy) is 2. The van der Waals surface area contributed by atoms with E-state index in [2.05, 4.69) is 5.32 Å². The molecule has 2 aliphatic heterocycles. The molecular weight excluding hydrogens is 375 g/mol. The van der Waals surface area contributed by atoms with Gasteiger partial charge in [-0.2, -0.15) is 0 Å². The molecule has 2 aromatic rings. The van der Waals surface area contributed by atoms with Crippen LogP contribution >= 0.6 is 0 Å². The Kier molecular flexibility index (Phi) is 5.34. The number of halogens is 1. The summed E-state index contributed by atoms with van der Waals surface area (Å²) in [6.45, 7) is 1.31. The van der Waals surface area contributed by atoms with E-state index in [-0.39, 0.29) is 24.1 Å². The van der Waals surface area contributed by atoms with E-state index in [1.54, 1.807) is 24.1 Å². The van der Waals surface area contributed by atoms with E-state index in [1.165, 1.54) is 12.1 Å². The fourth-order valence-electron chi connectivity index (χ4n) is 3.83. The summed E-state index contributed by atoms with van der Waals surface area (Å²) in [7, 11) is 1.77. The van der Waals surface area contributed by atoms with Crippen LogP contribution in [0.5, 0.6) is 0 Å². The molecule has 0 aliphatic carbocycles. The predicted molar refractivity (Wildman–Crippen MR) is 105 cm³/mol. The number of carbonyl (C=O) groups is 2. The Bertz CT molecular complexity index is 923. The summed E-state index contributed by atoms with van der Waals surface area (Å²) in [6, 6.07) is 11.7. The lowest BCUT2D eigenvalue weighted by molar-refractivity contribution is -0.170. The number of anilines is 1. The average molecular weight is 398 g/mol. The maximum Gasteiger partial charge on any atom is 0.231 e. The van der Waals surface area contributed by atoms with Gasteiger partial charge in [0.2, 0.25) is 11.8 Å². The standard InChI is InChI=1S/C22H23FN2O4/c1-25-19-7-4-17(13-16(19)14-21(25)27)22(28-10-11-29-22)8-9-24-20(26)12-15-2-5-18(23)6-3-15/h2-7,13H,8-12,14H2,1H3,(H,24,26). The van der Waals surface area contributed by atoms with Crippen molar-refractivity contribution in [3.8, 4) is 0 Å². The van der Waals surface area contributed by atoms with Crippen LogP contribution in [0, 0.1) is 5.82 Å². The Labute approximate surface area is 168 Å². The predicted octanol–water partition coefficient (Wildman–Crippen LogP) is 2.29. The Hall–Kier alpha value is -2.77. The monoisotopic (exact) mass is 398 g/mol. The summed E-state index contributed by atoms with van der Waals surface area (Å²) in [5.41, 5.74) is 3.46. The van der Waals surface area contributed by atoms with E-state index in [4.69, 9.17) is 9.47 Å². The fourth-order valence-corrected chi connectivity index (χ4v) is 3.83. The first-order valence-electron chi connectivity index (χ1n) is 9.66. The normalized spacial score (nSPS) is 17.4. The molecule has 0 spiro atoms. The topological polar surface area (TPSA) is 67.9 Å². The van der Waals surface area contributed by atoms with Crippen molar-refractivity contribution in [2.24, 2.45) is 0 Å². The number of rotatable bonds is 6. The van der Waals surface area contributed by atoms with E-state index in [1.807, 2.05) is 18.2 Å². The van der Waals surface area contributed by atoms with Gasteiger partial charge in [-0.3, -0.25) is 9.59 Å². The molecule has 0 saturated carbocycles. The molecule has 152 valence electrons. The van der Waals surface area contributed by atoms with Gasteiger partial charge in [-0.25, -0.2) is 4.39 Å². The first kappa shape index (κ1) is 19.5. The number of fused-ring (bicyclic) bond motifs is 1. The van der Waals surface area contributed by atoms with Crippen molar-refractivity contribution >= 4 is 17.5 Å². The quantitative estimate of drug-likeness (QED) is 0.811. The highest BCUT2D eigenvalue weighted by Gasteiger charge is 2.39. The molecule has 2 amide bonds. The number of benzene rings is 2. The zero-order valence-electron chi connectivity index (χ0n) is 16.2. The Balaban J connectivity index is 1.40. The van der Waals surface area contributed by atoms with Crippen molar-refractivity contribution in [2.75, 3.05) is 31.7 Å². The van der Waals surface area contributed by atoms with Crippen LogP contribution in [0.2, 0.25) is 0 Å². The highest BCUT2D eigenvalue weighted by Crippen LogP contribution is 2.38. The molecule has 0 radical (unpaired) electrons. The van der Waals surface area contributed by atoms with E-state index in [9.17, 15) is 14.0 Å². The van der Waals surface area contributed by atoms with Crippen LogP contribution in [0.3, 0.4) is 0 Å². The number of nitrogens with one attached hydrogen (secondary N) is 1. The van der Waals surface area contributed by atoms with Gasteiger partial charge in [0, 0.05) is 31.3 Å². The largest absolute Gasteiger partial charge is 0.356 e. The van der Waals surface area contributed by atoms with Crippen LogP contribution in [0.15, 0.2) is 42.5 Å². The van der Waals surface area contributed by atoms with E-state index in [0.717, 1.165) is 22.4 Å². The molecule has 1 saturated heterocycles. The molecule has 2 aromatic carbocycles. The fraction of sp³-hybridized carbons (Fsp3) is 0.364. The molecule has 2 aliphatic rings. The van der Waals surface area contributed by atoms with Crippen LogP contribution < -0.4 is 10.2 Å². The molecule has 2 heterocycles. The molecule has 1 fully saturated rings. The number of amides is 2. The van der Waals surface area contributed by atoms with Crippen LogP contribution in [-0.4, -0.2) is 38.6 Å². The van der Waals surface area contributed by atoms with Gasteiger partial charge < -0.3 is 19.7 Å². The first-order valence-corrected chi connectivity index (χ1v) is 9.66. The third-order valence-electron chi connectivity index (χ3n) is 5.40. The van der Waals surface area contributed by atoms with Gasteiger partial charge in [0.15, 0.2) is 5.79 Å². The lowest BCUT2D eigenvalue weighted by Gasteiger charge is -2.28. The molecule has 6 nitrogen and oxygen atoms in total. The zero-order valence-corrected chi connectivity index (χ0v) is 16.2. The van der Waals surface area contributed by atoms with E-state index >= 15 is 0 Å². The molecule has 7 heteroatoms. The minimum atomic E-state index is -0.928. The maximum atomic E-state index is 13.0. The summed E-state index contributed by atoms with van der Waals surface area (Å²) in [6.07, 6.45) is 0.997. The summed E-state index contributed by atoms with van der Waals surface area (Å²) >= 11 is 0. The van der Waals surface area contributed by atoms with Crippen LogP contribution in [0.1, 0.15) is 23.1 Å². The molecular formula is C22H23FN2O4. The third kappa shape index (κ3) is 4.02. The minimum absolute atomic E-state index is 0.0625. The summed E-state index contributed by atoms with van der Waals surface area (Å²) in [5.74, 6) is -1.34. The van der Waals surface area contributed by atoms with Crippen molar-refractivity contribution in [3.05, 3.63) is 65.0 Å². The summed E-state index contributed by atoms with van der Waals surface area (Å²) in [5, 5.41) is 2.88. The number of hydrogen-bond acceptors (Lipinski definition) is 4. The lowest BCUT2D eigenvalue weighted by Crippen LogP contribution is -2.35. The molecule has 0 bridgehead atoms. The van der Waals surface area contributed by atoms with Crippen molar-refractivity contribution < 1.29 is 23.5 Å². The van der Waals surface area contributed by atoms with E-state index in [0.29, 0.717) is 32.6 Å². The molecule has 0 unspecified atom stereocenters. The highest BCUT2D eigenvalue weighted by molar-refractivity contribution is 6.00.